The number of aromatic carboxylic acids is 1. The molecule has 0 radical (unpaired) electrons. The standard InChI is InChI=1S/C13H13NO4/c1-2-18-13(17)11-7-9(4-3-5-14)6-10(8-11)12(15)16/h6-8H,2-4H2,1H3,(H,15,16). The monoisotopic (exact) mass is 247 g/mol. The Balaban J connectivity index is 3.10. The van der Waals surface area contributed by atoms with E-state index in [0.29, 0.717) is 12.0 Å². The Morgan fingerprint density at radius 3 is 2.56 bits per heavy atom. The van der Waals surface area contributed by atoms with E-state index >= 15 is 0 Å². The highest BCUT2D eigenvalue weighted by atomic mass is 16.5. The van der Waals surface area contributed by atoms with Gasteiger partial charge in [0.25, 0.3) is 0 Å². The number of nitriles is 1. The molecule has 0 unspecified atom stereocenters. The average Bonchev–Trinajstić information content (AvgIpc) is 2.36. The first-order valence-corrected chi connectivity index (χ1v) is 5.49. The molecule has 0 aliphatic heterocycles. The van der Waals surface area contributed by atoms with Crippen molar-refractivity contribution >= 4 is 11.9 Å². The van der Waals surface area contributed by atoms with Crippen LogP contribution in [0.1, 0.15) is 39.6 Å². The van der Waals surface area contributed by atoms with Crippen LogP contribution in [0.2, 0.25) is 0 Å². The van der Waals surface area contributed by atoms with Crippen LogP contribution < -0.4 is 0 Å². The molecule has 18 heavy (non-hydrogen) atoms. The molecule has 0 atom stereocenters. The smallest absolute Gasteiger partial charge is 0.338 e. The van der Waals surface area contributed by atoms with E-state index in [1.165, 1.54) is 12.1 Å². The predicted octanol–water partition coefficient (Wildman–Crippen LogP) is 2.02. The molecule has 0 amide bonds. The number of esters is 1. The molecule has 1 rings (SSSR count). The van der Waals surface area contributed by atoms with Gasteiger partial charge in [-0.3, -0.25) is 0 Å². The Kier molecular flexibility index (Phi) is 4.88. The summed E-state index contributed by atoms with van der Waals surface area (Å²) in [7, 11) is 0. The van der Waals surface area contributed by atoms with Crippen LogP contribution in [0.4, 0.5) is 0 Å². The molecule has 0 heterocycles. The van der Waals surface area contributed by atoms with E-state index in [4.69, 9.17) is 15.1 Å². The third-order valence-corrected chi connectivity index (χ3v) is 2.28. The Morgan fingerprint density at radius 1 is 1.33 bits per heavy atom. The van der Waals surface area contributed by atoms with Gasteiger partial charge in [0.2, 0.25) is 0 Å². The molecular weight excluding hydrogens is 234 g/mol. The Hall–Kier alpha value is -2.35. The van der Waals surface area contributed by atoms with E-state index in [9.17, 15) is 9.59 Å². The molecule has 1 aromatic rings. The Morgan fingerprint density at radius 2 is 2.00 bits per heavy atom. The zero-order chi connectivity index (χ0) is 13.5. The first-order chi connectivity index (χ1) is 8.58. The maximum Gasteiger partial charge on any atom is 0.338 e. The van der Waals surface area contributed by atoms with Gasteiger partial charge in [-0.25, -0.2) is 9.59 Å². The van der Waals surface area contributed by atoms with Crippen LogP contribution in [0.5, 0.6) is 0 Å². The molecule has 0 bridgehead atoms. The highest BCUT2D eigenvalue weighted by Crippen LogP contribution is 2.13. The molecule has 0 aliphatic rings. The minimum absolute atomic E-state index is 0.0218. The van der Waals surface area contributed by atoms with Gasteiger partial charge >= 0.3 is 11.9 Å². The first-order valence-electron chi connectivity index (χ1n) is 5.49. The van der Waals surface area contributed by atoms with E-state index in [-0.39, 0.29) is 24.2 Å². The number of carbonyl (C=O) groups excluding carboxylic acids is 1. The van der Waals surface area contributed by atoms with E-state index in [2.05, 4.69) is 0 Å². The van der Waals surface area contributed by atoms with Gasteiger partial charge in [0.05, 0.1) is 23.8 Å². The van der Waals surface area contributed by atoms with Crippen molar-refractivity contribution in [1.82, 2.24) is 0 Å². The topological polar surface area (TPSA) is 87.4 Å². The van der Waals surface area contributed by atoms with Crippen LogP contribution in [0.15, 0.2) is 18.2 Å². The van der Waals surface area contributed by atoms with Gasteiger partial charge in [0.1, 0.15) is 0 Å². The van der Waals surface area contributed by atoms with Crippen LogP contribution in [0.25, 0.3) is 0 Å². The van der Waals surface area contributed by atoms with Crippen molar-refractivity contribution in [3.8, 4) is 6.07 Å². The second-order valence-corrected chi connectivity index (χ2v) is 3.60. The minimum Gasteiger partial charge on any atom is -0.478 e. The quantitative estimate of drug-likeness (QED) is 0.804. The van der Waals surface area contributed by atoms with Gasteiger partial charge < -0.3 is 9.84 Å². The van der Waals surface area contributed by atoms with Crippen LogP contribution in [0.3, 0.4) is 0 Å². The average molecular weight is 247 g/mol. The summed E-state index contributed by atoms with van der Waals surface area (Å²) in [5.41, 5.74) is 0.859. The highest BCUT2D eigenvalue weighted by molar-refractivity contribution is 5.94. The zero-order valence-corrected chi connectivity index (χ0v) is 9.97. The largest absolute Gasteiger partial charge is 0.478 e. The lowest BCUT2D eigenvalue weighted by molar-refractivity contribution is 0.0526. The van der Waals surface area contributed by atoms with Crippen molar-refractivity contribution in [2.24, 2.45) is 0 Å². The molecule has 0 fully saturated rings. The van der Waals surface area contributed by atoms with Crippen LogP contribution >= 0.6 is 0 Å². The summed E-state index contributed by atoms with van der Waals surface area (Å²) < 4.78 is 4.83. The van der Waals surface area contributed by atoms with E-state index < -0.39 is 11.9 Å². The summed E-state index contributed by atoms with van der Waals surface area (Å²) in [4.78, 5) is 22.5. The molecule has 0 spiro atoms. The molecule has 94 valence electrons. The first kappa shape index (κ1) is 13.7. The molecular formula is C13H13NO4. The molecule has 0 saturated heterocycles. The molecule has 5 heteroatoms. The number of nitrogens with zero attached hydrogens (tertiary/aromatic N) is 1. The van der Waals surface area contributed by atoms with Crippen molar-refractivity contribution in [1.29, 1.82) is 5.26 Å². The molecule has 1 aromatic carbocycles. The summed E-state index contributed by atoms with van der Waals surface area (Å²) in [6.45, 7) is 1.90. The number of hydrogen-bond donors (Lipinski definition) is 1. The fraction of sp³-hybridized carbons (Fsp3) is 0.308. The van der Waals surface area contributed by atoms with Crippen LogP contribution in [-0.4, -0.2) is 23.7 Å². The Labute approximate surface area is 105 Å². The molecule has 1 N–H and O–H groups in total. The molecule has 0 aliphatic carbocycles. The van der Waals surface area contributed by atoms with Gasteiger partial charge in [0, 0.05) is 6.42 Å². The van der Waals surface area contributed by atoms with E-state index in [0.717, 1.165) is 0 Å². The third kappa shape index (κ3) is 3.59. The predicted molar refractivity (Wildman–Crippen MR) is 63.3 cm³/mol. The van der Waals surface area contributed by atoms with E-state index in [1.54, 1.807) is 13.0 Å². The highest BCUT2D eigenvalue weighted by Gasteiger charge is 2.12. The summed E-state index contributed by atoms with van der Waals surface area (Å²) in [5, 5.41) is 17.5. The fourth-order valence-corrected chi connectivity index (χ4v) is 1.49. The van der Waals surface area contributed by atoms with Gasteiger partial charge in [-0.1, -0.05) is 0 Å². The second-order valence-electron chi connectivity index (χ2n) is 3.60. The zero-order valence-electron chi connectivity index (χ0n) is 9.97. The van der Waals surface area contributed by atoms with Gasteiger partial charge in [0.15, 0.2) is 0 Å². The minimum atomic E-state index is -1.11. The Bertz CT molecular complexity index is 502. The maximum atomic E-state index is 11.6. The van der Waals surface area contributed by atoms with Crippen molar-refractivity contribution in [3.63, 3.8) is 0 Å². The molecule has 0 saturated carbocycles. The normalized spacial score (nSPS) is 9.56. The van der Waals surface area contributed by atoms with Crippen LogP contribution in [-0.2, 0) is 11.2 Å². The summed E-state index contributed by atoms with van der Waals surface area (Å²) >= 11 is 0. The van der Waals surface area contributed by atoms with E-state index in [1.807, 2.05) is 6.07 Å². The lowest BCUT2D eigenvalue weighted by Gasteiger charge is -2.06. The number of carboxylic acids is 1. The number of carboxylic acid groups (broad SMARTS) is 1. The second kappa shape index (κ2) is 6.40. The number of ether oxygens (including phenoxy) is 1. The fourth-order valence-electron chi connectivity index (χ4n) is 1.49. The summed E-state index contributed by atoms with van der Waals surface area (Å²) in [6, 6.07) is 6.27. The lowest BCUT2D eigenvalue weighted by atomic mass is 10.0. The van der Waals surface area contributed by atoms with Gasteiger partial charge in [-0.15, -0.1) is 0 Å². The molecule has 0 aromatic heterocycles. The number of benzene rings is 1. The van der Waals surface area contributed by atoms with Crippen molar-refractivity contribution in [2.45, 2.75) is 19.8 Å². The number of hydrogen-bond acceptors (Lipinski definition) is 4. The summed E-state index contributed by atoms with van der Waals surface area (Å²) in [5.74, 6) is -1.67. The number of rotatable bonds is 5. The number of aryl methyl sites for hydroxylation is 1. The van der Waals surface area contributed by atoms with Crippen LogP contribution in [0, 0.1) is 11.3 Å². The summed E-state index contributed by atoms with van der Waals surface area (Å²) in [6.07, 6.45) is 0.676. The number of carbonyl (C=O) groups is 2. The molecule has 5 nitrogen and oxygen atoms in total. The van der Waals surface area contributed by atoms with Gasteiger partial charge in [-0.05, 0) is 37.1 Å². The lowest BCUT2D eigenvalue weighted by Crippen LogP contribution is -2.08. The third-order valence-electron chi connectivity index (χ3n) is 2.28. The van der Waals surface area contributed by atoms with Crippen molar-refractivity contribution in [3.05, 3.63) is 34.9 Å². The maximum absolute atomic E-state index is 11.6. The van der Waals surface area contributed by atoms with Gasteiger partial charge in [-0.2, -0.15) is 5.26 Å². The SMILES string of the molecule is CCOC(=O)c1cc(CCC#N)cc(C(=O)O)c1. The van der Waals surface area contributed by atoms with Crippen molar-refractivity contribution in [2.75, 3.05) is 6.61 Å². The van der Waals surface area contributed by atoms with Crippen molar-refractivity contribution < 1.29 is 19.4 Å².